The number of hydrogen-bond acceptors (Lipinski definition) is 3. The van der Waals surface area contributed by atoms with E-state index in [0.717, 1.165) is 39.1 Å². The summed E-state index contributed by atoms with van der Waals surface area (Å²) in [5, 5.41) is 0. The lowest BCUT2D eigenvalue weighted by molar-refractivity contribution is -0.103. The van der Waals surface area contributed by atoms with Gasteiger partial charge < -0.3 is 15.2 Å². The molecule has 4 atom stereocenters. The van der Waals surface area contributed by atoms with Crippen LogP contribution in [-0.4, -0.2) is 31.5 Å². The highest BCUT2D eigenvalue weighted by Gasteiger charge is 2.42. The Morgan fingerprint density at radius 1 is 1.41 bits per heavy atom. The Morgan fingerprint density at radius 3 is 2.88 bits per heavy atom. The van der Waals surface area contributed by atoms with Crippen LogP contribution in [0.5, 0.6) is 0 Å². The summed E-state index contributed by atoms with van der Waals surface area (Å²) < 4.78 is 11.5. The molecule has 0 amide bonds. The maximum Gasteiger partial charge on any atom is 0.0939 e. The van der Waals surface area contributed by atoms with Crippen LogP contribution in [0.15, 0.2) is 0 Å². The Labute approximate surface area is 105 Å². The average Bonchev–Trinajstić information content (AvgIpc) is 2.76. The molecule has 2 aliphatic rings. The van der Waals surface area contributed by atoms with Crippen molar-refractivity contribution in [1.82, 2.24) is 0 Å². The lowest BCUT2D eigenvalue weighted by atomic mass is 9.77. The summed E-state index contributed by atoms with van der Waals surface area (Å²) in [5.74, 6) is 1.24. The van der Waals surface area contributed by atoms with Gasteiger partial charge in [-0.25, -0.2) is 0 Å². The number of rotatable bonds is 4. The summed E-state index contributed by atoms with van der Waals surface area (Å²) in [4.78, 5) is 0. The van der Waals surface area contributed by atoms with Crippen LogP contribution < -0.4 is 5.73 Å². The number of nitrogens with two attached hydrogens (primary N) is 1. The normalized spacial score (nSPS) is 37.2. The maximum absolute atomic E-state index is 6.43. The van der Waals surface area contributed by atoms with Crippen molar-refractivity contribution in [3.05, 3.63) is 0 Å². The van der Waals surface area contributed by atoms with Crippen molar-refractivity contribution >= 4 is 0 Å². The largest absolute Gasteiger partial charge is 0.378 e. The summed E-state index contributed by atoms with van der Waals surface area (Å²) in [6.45, 7) is 7.02. The molecule has 0 saturated carbocycles. The molecule has 3 nitrogen and oxygen atoms in total. The van der Waals surface area contributed by atoms with Crippen LogP contribution in [0.1, 0.15) is 46.0 Å². The van der Waals surface area contributed by atoms with E-state index >= 15 is 0 Å². The molecule has 1 spiro atoms. The Morgan fingerprint density at radius 2 is 2.24 bits per heavy atom. The van der Waals surface area contributed by atoms with E-state index in [0.29, 0.717) is 17.9 Å². The predicted octanol–water partition coefficient (Wildman–Crippen LogP) is 2.34. The second-order valence-electron chi connectivity index (χ2n) is 5.93. The van der Waals surface area contributed by atoms with Gasteiger partial charge >= 0.3 is 0 Å². The summed E-state index contributed by atoms with van der Waals surface area (Å²) in [5.41, 5.74) is 6.44. The van der Waals surface area contributed by atoms with Crippen molar-refractivity contribution in [3.63, 3.8) is 0 Å². The molecule has 2 fully saturated rings. The fourth-order valence-corrected chi connectivity index (χ4v) is 3.37. The van der Waals surface area contributed by atoms with E-state index in [2.05, 4.69) is 13.8 Å². The van der Waals surface area contributed by atoms with Gasteiger partial charge in [-0.1, -0.05) is 20.3 Å². The van der Waals surface area contributed by atoms with Crippen molar-refractivity contribution in [3.8, 4) is 0 Å². The van der Waals surface area contributed by atoms with E-state index in [1.54, 1.807) is 0 Å². The molecule has 2 N–H and O–H groups in total. The fourth-order valence-electron chi connectivity index (χ4n) is 3.37. The van der Waals surface area contributed by atoms with Gasteiger partial charge in [-0.05, 0) is 31.1 Å². The molecular weight excluding hydrogens is 214 g/mol. The highest BCUT2D eigenvalue weighted by molar-refractivity contribution is 4.93. The third-order valence-corrected chi connectivity index (χ3v) is 4.54. The number of ether oxygens (including phenoxy) is 2. The zero-order chi connectivity index (χ0) is 12.3. The monoisotopic (exact) mass is 241 g/mol. The minimum absolute atomic E-state index is 0.00642. The van der Waals surface area contributed by atoms with Crippen LogP contribution in [0.25, 0.3) is 0 Å². The summed E-state index contributed by atoms with van der Waals surface area (Å²) in [6, 6.07) is 0.330. The molecule has 2 heterocycles. The van der Waals surface area contributed by atoms with Crippen LogP contribution in [0.3, 0.4) is 0 Å². The average molecular weight is 241 g/mol. The van der Waals surface area contributed by atoms with E-state index in [1.165, 1.54) is 12.8 Å². The summed E-state index contributed by atoms with van der Waals surface area (Å²) >= 11 is 0. The smallest absolute Gasteiger partial charge is 0.0939 e. The standard InChI is InChI=1S/C14H27NO2/c1-3-4-11(2)13(15)12-5-7-17-14(9-12)6-8-16-10-14/h11-13H,3-10,15H2,1-2H3. The first-order valence-corrected chi connectivity index (χ1v) is 7.14. The molecule has 0 aromatic heterocycles. The lowest BCUT2D eigenvalue weighted by Crippen LogP contribution is -2.47. The van der Waals surface area contributed by atoms with E-state index in [1.807, 2.05) is 0 Å². The molecule has 2 rings (SSSR count). The molecule has 2 saturated heterocycles. The maximum atomic E-state index is 6.43. The topological polar surface area (TPSA) is 44.5 Å². The van der Waals surface area contributed by atoms with E-state index in [-0.39, 0.29) is 5.60 Å². The Bertz CT molecular complexity index is 238. The van der Waals surface area contributed by atoms with Crippen molar-refractivity contribution in [2.45, 2.75) is 57.6 Å². The van der Waals surface area contributed by atoms with Gasteiger partial charge in [-0.3, -0.25) is 0 Å². The van der Waals surface area contributed by atoms with E-state index in [4.69, 9.17) is 15.2 Å². The molecule has 17 heavy (non-hydrogen) atoms. The number of hydrogen-bond donors (Lipinski definition) is 1. The molecule has 3 heteroatoms. The third kappa shape index (κ3) is 3.01. The molecule has 0 aromatic carbocycles. The molecular formula is C14H27NO2. The van der Waals surface area contributed by atoms with Crippen LogP contribution in [-0.2, 0) is 9.47 Å². The Balaban J connectivity index is 1.92. The van der Waals surface area contributed by atoms with E-state index in [9.17, 15) is 0 Å². The molecule has 100 valence electrons. The fraction of sp³-hybridized carbons (Fsp3) is 1.00. The quantitative estimate of drug-likeness (QED) is 0.821. The zero-order valence-electron chi connectivity index (χ0n) is 11.3. The van der Waals surface area contributed by atoms with Crippen LogP contribution >= 0.6 is 0 Å². The highest BCUT2D eigenvalue weighted by atomic mass is 16.6. The van der Waals surface area contributed by atoms with Gasteiger partial charge in [0.15, 0.2) is 0 Å². The second-order valence-corrected chi connectivity index (χ2v) is 5.93. The highest BCUT2D eigenvalue weighted by Crippen LogP contribution is 2.38. The Hall–Kier alpha value is -0.120. The van der Waals surface area contributed by atoms with Crippen molar-refractivity contribution in [2.75, 3.05) is 19.8 Å². The zero-order valence-corrected chi connectivity index (χ0v) is 11.3. The van der Waals surface area contributed by atoms with Gasteiger partial charge in [0, 0.05) is 25.7 Å². The molecule has 2 aliphatic heterocycles. The third-order valence-electron chi connectivity index (χ3n) is 4.54. The minimum Gasteiger partial charge on any atom is -0.378 e. The van der Waals surface area contributed by atoms with E-state index < -0.39 is 0 Å². The SMILES string of the molecule is CCCC(C)C(N)C1CCOC2(CCOC2)C1. The molecule has 0 radical (unpaired) electrons. The first kappa shape index (κ1) is 13.3. The van der Waals surface area contributed by atoms with Gasteiger partial charge in [-0.15, -0.1) is 0 Å². The summed E-state index contributed by atoms with van der Waals surface area (Å²) in [6.07, 6.45) is 5.74. The van der Waals surface area contributed by atoms with Crippen molar-refractivity contribution in [1.29, 1.82) is 0 Å². The molecule has 0 bridgehead atoms. The first-order valence-electron chi connectivity index (χ1n) is 7.14. The predicted molar refractivity (Wildman–Crippen MR) is 68.9 cm³/mol. The molecule has 0 aromatic rings. The molecule has 4 unspecified atom stereocenters. The van der Waals surface area contributed by atoms with Gasteiger partial charge in [0.05, 0.1) is 12.2 Å². The van der Waals surface area contributed by atoms with Gasteiger partial charge in [0.2, 0.25) is 0 Å². The van der Waals surface area contributed by atoms with Gasteiger partial charge in [-0.2, -0.15) is 0 Å². The van der Waals surface area contributed by atoms with Crippen LogP contribution in [0, 0.1) is 11.8 Å². The lowest BCUT2D eigenvalue weighted by Gasteiger charge is -2.40. The van der Waals surface area contributed by atoms with Crippen molar-refractivity contribution in [2.24, 2.45) is 17.6 Å². The first-order chi connectivity index (χ1) is 8.17. The van der Waals surface area contributed by atoms with Gasteiger partial charge in [0.1, 0.15) is 0 Å². The van der Waals surface area contributed by atoms with Crippen molar-refractivity contribution < 1.29 is 9.47 Å². The van der Waals surface area contributed by atoms with Crippen LogP contribution in [0.4, 0.5) is 0 Å². The molecule has 0 aliphatic carbocycles. The summed E-state index contributed by atoms with van der Waals surface area (Å²) in [7, 11) is 0. The Kier molecular flexibility index (Phi) is 4.45. The van der Waals surface area contributed by atoms with Crippen LogP contribution in [0.2, 0.25) is 0 Å². The minimum atomic E-state index is 0.00642. The van der Waals surface area contributed by atoms with Gasteiger partial charge in [0.25, 0.3) is 0 Å². The second kappa shape index (κ2) is 5.68.